The third-order valence-electron chi connectivity index (χ3n) is 12.9. The Morgan fingerprint density at radius 2 is 0.944 bits per heavy atom. The van der Waals surface area contributed by atoms with Crippen molar-refractivity contribution in [3.63, 3.8) is 0 Å². The van der Waals surface area contributed by atoms with Gasteiger partial charge in [-0.3, -0.25) is 14.4 Å². The zero-order chi connectivity index (χ0) is 65.6. The maximum atomic E-state index is 11.4. The molecule has 0 spiro atoms. The molecule has 6 saturated heterocycles. The molecule has 89 heavy (non-hydrogen) atoms. The van der Waals surface area contributed by atoms with Gasteiger partial charge in [-0.05, 0) is 56.3 Å². The van der Waals surface area contributed by atoms with Crippen LogP contribution in [0.5, 0.6) is 0 Å². The van der Waals surface area contributed by atoms with Crippen molar-refractivity contribution in [3.8, 4) is 0 Å². The van der Waals surface area contributed by atoms with Crippen molar-refractivity contribution in [3.05, 3.63) is 62.8 Å². The molecule has 0 saturated carbocycles. The van der Waals surface area contributed by atoms with Crippen LogP contribution in [0.3, 0.4) is 0 Å². The molecule has 10 rings (SSSR count). The van der Waals surface area contributed by atoms with E-state index < -0.39 is 23.9 Å². The van der Waals surface area contributed by atoms with Gasteiger partial charge in [-0.2, -0.15) is 9.97 Å². The van der Waals surface area contributed by atoms with Crippen molar-refractivity contribution in [2.75, 3.05) is 153 Å². The monoisotopic (exact) mass is 1310 g/mol. The third-order valence-corrected chi connectivity index (χ3v) is 13.4. The number of ether oxygens (including phenoxy) is 7. The molecule has 6 aliphatic heterocycles. The number of halogens is 3. The van der Waals surface area contributed by atoms with Crippen LogP contribution >= 0.6 is 34.8 Å². The lowest BCUT2D eigenvalue weighted by Gasteiger charge is -2.34. The predicted octanol–water partition coefficient (Wildman–Crippen LogP) is 2.84. The summed E-state index contributed by atoms with van der Waals surface area (Å²) in [6.45, 7) is 19.8. The van der Waals surface area contributed by atoms with Crippen molar-refractivity contribution < 1.29 is 71.8 Å². The molecule has 35 heteroatoms. The fourth-order valence-electron chi connectivity index (χ4n) is 7.75. The zero-order valence-electron chi connectivity index (χ0n) is 50.9. The molecule has 0 aliphatic carbocycles. The first-order valence-corrected chi connectivity index (χ1v) is 29.2. The molecule has 3 amide bonds. The van der Waals surface area contributed by atoms with Gasteiger partial charge in [0.05, 0.1) is 98.4 Å². The fourth-order valence-corrected chi connectivity index (χ4v) is 8.34. The topological polar surface area (TPSA) is 409 Å². The van der Waals surface area contributed by atoms with E-state index in [1.54, 1.807) is 30.6 Å². The number of carboxylic acids is 1. The summed E-state index contributed by atoms with van der Waals surface area (Å²) in [5.41, 5.74) is 11.0. The van der Waals surface area contributed by atoms with Gasteiger partial charge >= 0.3 is 23.9 Å². The molecule has 8 N–H and O–H groups in total. The van der Waals surface area contributed by atoms with Crippen molar-refractivity contribution in [2.45, 2.75) is 78.0 Å². The number of carbonyl (C=O) groups is 7. The van der Waals surface area contributed by atoms with Crippen LogP contribution in [0.4, 0.5) is 29.4 Å². The summed E-state index contributed by atoms with van der Waals surface area (Å²) in [4.78, 5) is 116. The molecule has 0 bridgehead atoms. The number of piperazine rings is 1. The number of carbonyl (C=O) groups excluding carboxylic acids is 6. The molecule has 0 unspecified atom stereocenters. The maximum Gasteiger partial charge on any atom is 0.356 e. The Morgan fingerprint density at radius 1 is 0.551 bits per heavy atom. The van der Waals surface area contributed by atoms with Crippen molar-refractivity contribution >= 4 is 106 Å². The van der Waals surface area contributed by atoms with Crippen molar-refractivity contribution in [2.24, 2.45) is 5.73 Å². The van der Waals surface area contributed by atoms with Gasteiger partial charge in [-0.25, -0.2) is 49.1 Å². The van der Waals surface area contributed by atoms with Crippen molar-refractivity contribution in [1.29, 1.82) is 0 Å². The Bertz CT molecular complexity index is 2850. The standard InChI is InChI=1S/C14H19N5O4.C9H10ClN3O3.C9H12N4O3.C7H13NO.C6H4Cl2N2O2.C6H13NO.C3H7NO/c1-9(20)18-2-4-19(5-3-18)14-16-11(13(21)22)6-12(17-14)15-10-7-23-8-10;2*1-15-8(14)6-2-7(13-9(10)12-6)11-5-3-16-4-5;1-7(9)8-5-3-2-4-6-8;1-12-5(11)3-2-4(7)10-6(8)9-3;1-4-7(5-2)6(3)8;4-3-1-5-2-3/h6,10H,2-5,7-8H2,1H3,(H,21,22)(H,15,16,17);2,5H,3-4H2,1H3,(H,11,12,13);2,5H,3-4H2,1H3,(H3,10,11,12,13);2-6H2,1H3;2H,1H3;4-5H2,1-3H3;3H,1-2,4H2. The SMILES string of the molecule is CC(=O)N1CCCCC1.CC(=O)N1CCN(c2nc(NC3COC3)cc(C(=O)O)n2)CC1.CCN(CC)C(C)=O.COC(=O)c1cc(Cl)nc(Cl)n1.COC(=O)c1cc(NC2COC2)nc(Cl)n1.COC(=O)c1cc(NC2COC2)nc(N)n1.NC1COC1. The number of likely N-dealkylation sites (tertiary alicyclic amines) is 1. The fraction of sp³-hybridized carbons (Fsp3) is 0.574. The number of methoxy groups -OCH3 is 3. The molecule has 32 nitrogen and oxygen atoms in total. The average Bonchev–Trinajstić information content (AvgIpc) is 3.68. The number of nitrogens with one attached hydrogen (secondary N) is 3. The second-order valence-electron chi connectivity index (χ2n) is 19.7. The minimum atomic E-state index is -1.09. The predicted molar refractivity (Wildman–Crippen MR) is 326 cm³/mol. The number of rotatable bonds is 13. The van der Waals surface area contributed by atoms with Crippen LogP contribution in [0.1, 0.15) is 95.8 Å². The van der Waals surface area contributed by atoms with Gasteiger partial charge in [-0.1, -0.05) is 11.6 Å². The van der Waals surface area contributed by atoms with Crippen LogP contribution in [0, 0.1) is 0 Å². The number of hydrogen-bond donors (Lipinski definition) is 6. The average molecular weight is 1310 g/mol. The van der Waals surface area contributed by atoms with Gasteiger partial charge < -0.3 is 85.3 Å². The van der Waals surface area contributed by atoms with Gasteiger partial charge in [-0.15, -0.1) is 0 Å². The number of hydrogen-bond acceptors (Lipinski definition) is 28. The number of nitrogen functional groups attached to an aromatic ring is 1. The van der Waals surface area contributed by atoms with E-state index in [1.165, 1.54) is 64.9 Å². The minimum absolute atomic E-state index is 0.00522. The summed E-state index contributed by atoms with van der Waals surface area (Å²) in [7, 11) is 3.81. The molecule has 6 aliphatic rings. The summed E-state index contributed by atoms with van der Waals surface area (Å²) in [6.07, 6.45) is 3.68. The number of amides is 3. The van der Waals surface area contributed by atoms with Gasteiger partial charge in [0.25, 0.3) is 0 Å². The number of nitrogens with two attached hydrogens (primary N) is 2. The number of aromatic carboxylic acids is 1. The lowest BCUT2D eigenvalue weighted by atomic mass is 10.1. The van der Waals surface area contributed by atoms with E-state index >= 15 is 0 Å². The normalized spacial score (nSPS) is 15.8. The van der Waals surface area contributed by atoms with Gasteiger partial charge in [0.1, 0.15) is 22.6 Å². The van der Waals surface area contributed by atoms with Crippen LogP contribution < -0.4 is 32.3 Å². The molecule has 4 aromatic heterocycles. The molecule has 0 aromatic carbocycles. The first-order valence-electron chi connectivity index (χ1n) is 28.1. The molecular formula is C54H78Cl3N17O15. The number of piperidine rings is 1. The first-order chi connectivity index (χ1) is 42.4. The maximum absolute atomic E-state index is 11.4. The lowest BCUT2D eigenvalue weighted by molar-refractivity contribution is -0.130. The highest BCUT2D eigenvalue weighted by molar-refractivity contribution is 6.32. The van der Waals surface area contributed by atoms with Crippen LogP contribution in [0.2, 0.25) is 15.7 Å². The van der Waals surface area contributed by atoms with Crippen molar-refractivity contribution in [1.82, 2.24) is 54.6 Å². The second-order valence-corrected chi connectivity index (χ2v) is 20.7. The second kappa shape index (κ2) is 38.6. The van der Waals surface area contributed by atoms with E-state index in [-0.39, 0.29) is 80.3 Å². The van der Waals surface area contributed by atoms with Crippen LogP contribution in [-0.4, -0.2) is 252 Å². The van der Waals surface area contributed by atoms with Gasteiger partial charge in [0.15, 0.2) is 22.8 Å². The Kier molecular flexibility index (Phi) is 32.0. The number of aromatic nitrogens is 8. The highest BCUT2D eigenvalue weighted by Crippen LogP contribution is 2.20. The molecule has 0 atom stereocenters. The minimum Gasteiger partial charge on any atom is -0.477 e. The lowest BCUT2D eigenvalue weighted by Crippen LogP contribution is -2.48. The molecule has 0 radical (unpaired) electrons. The van der Waals surface area contributed by atoms with E-state index in [1.807, 2.05) is 23.6 Å². The van der Waals surface area contributed by atoms with E-state index in [9.17, 15) is 38.7 Å². The summed E-state index contributed by atoms with van der Waals surface area (Å²) >= 11 is 16.6. The van der Waals surface area contributed by atoms with E-state index in [2.05, 4.69) is 70.0 Å². The summed E-state index contributed by atoms with van der Waals surface area (Å²) in [5, 5.41) is 18.6. The van der Waals surface area contributed by atoms with E-state index in [0.29, 0.717) is 95.3 Å². The van der Waals surface area contributed by atoms with Crippen LogP contribution in [0.25, 0.3) is 0 Å². The van der Waals surface area contributed by atoms with Gasteiger partial charge in [0.2, 0.25) is 40.2 Å². The van der Waals surface area contributed by atoms with E-state index in [0.717, 1.165) is 39.4 Å². The zero-order valence-corrected chi connectivity index (χ0v) is 53.1. The molecule has 4 aromatic rings. The summed E-state index contributed by atoms with van der Waals surface area (Å²) in [5.74, 6) is -0.461. The third kappa shape index (κ3) is 26.5. The Morgan fingerprint density at radius 3 is 1.29 bits per heavy atom. The molecular weight excluding hydrogens is 1230 g/mol. The molecule has 490 valence electrons. The summed E-state index contributed by atoms with van der Waals surface area (Å²) < 4.78 is 33.3. The Labute approximate surface area is 529 Å². The molecule has 10 heterocycles. The number of nitrogens with zero attached hydrogens (tertiary/aromatic N) is 12. The smallest absolute Gasteiger partial charge is 0.356 e. The first kappa shape index (κ1) is 73.7. The highest BCUT2D eigenvalue weighted by Gasteiger charge is 2.26. The number of carboxylic acid groups (broad SMARTS) is 1. The Balaban J connectivity index is 0.000000232. The number of anilines is 5. The Hall–Kier alpha value is -7.72. The number of esters is 3. The molecule has 6 fully saturated rings. The summed E-state index contributed by atoms with van der Waals surface area (Å²) in [6, 6.07) is 6.60. The van der Waals surface area contributed by atoms with E-state index in [4.69, 9.17) is 65.2 Å². The van der Waals surface area contributed by atoms with Crippen LogP contribution in [-0.2, 0) is 47.5 Å². The largest absolute Gasteiger partial charge is 0.477 e. The highest BCUT2D eigenvalue weighted by atomic mass is 35.5. The quantitative estimate of drug-likeness (QED) is 0.0485. The van der Waals surface area contributed by atoms with Crippen LogP contribution in [0.15, 0.2) is 24.3 Å². The van der Waals surface area contributed by atoms with Gasteiger partial charge in [0, 0.05) is 97.4 Å².